The van der Waals surface area contributed by atoms with Gasteiger partial charge in [0, 0.05) is 24.8 Å². The van der Waals surface area contributed by atoms with E-state index in [0.717, 1.165) is 57.2 Å². The molecule has 0 bridgehead atoms. The van der Waals surface area contributed by atoms with Crippen LogP contribution >= 0.6 is 0 Å². The summed E-state index contributed by atoms with van der Waals surface area (Å²) in [5, 5.41) is 0. The summed E-state index contributed by atoms with van der Waals surface area (Å²) in [5.41, 5.74) is 5.12. The highest BCUT2D eigenvalue weighted by Gasteiger charge is 2.41. The number of hydrogen-bond donors (Lipinski definition) is 0. The summed E-state index contributed by atoms with van der Waals surface area (Å²) in [6.45, 7) is 2.29. The maximum absolute atomic E-state index is 12.8. The molecule has 2 fully saturated rings. The molecule has 4 aliphatic rings. The molecule has 1 saturated carbocycles. The van der Waals surface area contributed by atoms with Gasteiger partial charge in [-0.1, -0.05) is 19.3 Å². The first-order valence-corrected chi connectivity index (χ1v) is 10.4. The van der Waals surface area contributed by atoms with Gasteiger partial charge in [-0.15, -0.1) is 0 Å². The molecule has 0 aromatic heterocycles. The molecule has 3 aliphatic heterocycles. The first kappa shape index (κ1) is 16.8. The predicted octanol–water partition coefficient (Wildman–Crippen LogP) is 4.04. The molecule has 1 saturated heterocycles. The zero-order valence-electron chi connectivity index (χ0n) is 15.7. The topological polar surface area (TPSA) is 49.9 Å². The minimum atomic E-state index is -0.497. The third-order valence-corrected chi connectivity index (χ3v) is 6.42. The van der Waals surface area contributed by atoms with Gasteiger partial charge in [-0.2, -0.15) is 0 Å². The molecule has 0 N–H and O–H groups in total. The van der Waals surface area contributed by atoms with Crippen LogP contribution in [0.15, 0.2) is 17.9 Å². The number of benzene rings is 1. The van der Waals surface area contributed by atoms with Gasteiger partial charge in [0.05, 0.1) is 0 Å². The minimum absolute atomic E-state index is 0.00268. The molecule has 5 nitrogen and oxygen atoms in total. The number of anilines is 1. The Kier molecular flexibility index (Phi) is 4.18. The summed E-state index contributed by atoms with van der Waals surface area (Å²) in [6.07, 6.45) is 10.9. The molecule has 142 valence electrons. The Bertz CT molecular complexity index is 792. The lowest BCUT2D eigenvalue weighted by Crippen LogP contribution is -2.40. The van der Waals surface area contributed by atoms with E-state index in [1.165, 1.54) is 41.0 Å². The van der Waals surface area contributed by atoms with Crippen molar-refractivity contribution in [1.82, 2.24) is 4.90 Å². The van der Waals surface area contributed by atoms with Crippen molar-refractivity contribution in [3.05, 3.63) is 34.6 Å². The lowest BCUT2D eigenvalue weighted by Gasteiger charge is -2.37. The van der Waals surface area contributed by atoms with Gasteiger partial charge in [0.2, 0.25) is 0 Å². The Balaban J connectivity index is 1.45. The van der Waals surface area contributed by atoms with Crippen LogP contribution in [-0.2, 0) is 22.4 Å². The highest BCUT2D eigenvalue weighted by molar-refractivity contribution is 6.10. The van der Waals surface area contributed by atoms with Gasteiger partial charge in [-0.25, -0.2) is 9.69 Å². The SMILES string of the molecule is O=C1O/C(=C/c2cc3c4c(c2)CCCN4CCC3)C(=O)N1C1CCCCC1. The van der Waals surface area contributed by atoms with Crippen LogP contribution in [0, 0.1) is 0 Å². The van der Waals surface area contributed by atoms with Crippen molar-refractivity contribution < 1.29 is 14.3 Å². The van der Waals surface area contributed by atoms with Gasteiger partial charge in [0.15, 0.2) is 5.76 Å². The highest BCUT2D eigenvalue weighted by atomic mass is 16.6. The molecular weight excluding hydrogens is 340 g/mol. The van der Waals surface area contributed by atoms with Crippen molar-refractivity contribution in [3.8, 4) is 0 Å². The quantitative estimate of drug-likeness (QED) is 0.741. The van der Waals surface area contributed by atoms with Gasteiger partial charge in [0.25, 0.3) is 5.91 Å². The number of nitrogens with zero attached hydrogens (tertiary/aromatic N) is 2. The average molecular weight is 366 g/mol. The molecule has 0 atom stereocenters. The van der Waals surface area contributed by atoms with Crippen molar-refractivity contribution in [2.75, 3.05) is 18.0 Å². The Morgan fingerprint density at radius 3 is 2.26 bits per heavy atom. The maximum atomic E-state index is 12.8. The number of carbonyl (C=O) groups is 2. The van der Waals surface area contributed by atoms with Crippen molar-refractivity contribution in [2.24, 2.45) is 0 Å². The van der Waals surface area contributed by atoms with E-state index in [-0.39, 0.29) is 17.7 Å². The molecule has 1 aromatic carbocycles. The Morgan fingerprint density at radius 2 is 1.59 bits per heavy atom. The van der Waals surface area contributed by atoms with Crippen molar-refractivity contribution >= 4 is 23.8 Å². The fourth-order valence-electron chi connectivity index (χ4n) is 5.20. The third-order valence-electron chi connectivity index (χ3n) is 6.42. The zero-order valence-corrected chi connectivity index (χ0v) is 15.7. The number of ether oxygens (including phenoxy) is 1. The van der Waals surface area contributed by atoms with Crippen molar-refractivity contribution in [2.45, 2.75) is 63.8 Å². The van der Waals surface area contributed by atoms with E-state index in [1.807, 2.05) is 0 Å². The molecule has 0 unspecified atom stereocenters. The largest absolute Gasteiger partial charge is 0.422 e. The highest BCUT2D eigenvalue weighted by Crippen LogP contribution is 2.37. The second-order valence-corrected chi connectivity index (χ2v) is 8.23. The van der Waals surface area contributed by atoms with Crippen LogP contribution in [0.25, 0.3) is 6.08 Å². The number of carbonyl (C=O) groups excluding carboxylic acids is 2. The molecule has 0 radical (unpaired) electrons. The molecule has 5 rings (SSSR count). The Labute approximate surface area is 160 Å². The van der Waals surface area contributed by atoms with Crippen LogP contribution in [0.2, 0.25) is 0 Å². The molecule has 0 spiro atoms. The number of cyclic esters (lactones) is 1. The summed E-state index contributed by atoms with van der Waals surface area (Å²) in [7, 11) is 0. The number of imide groups is 1. The Hall–Kier alpha value is -2.30. The van der Waals surface area contributed by atoms with E-state index in [1.54, 1.807) is 6.08 Å². The number of amides is 2. The predicted molar refractivity (Wildman–Crippen MR) is 103 cm³/mol. The van der Waals surface area contributed by atoms with E-state index < -0.39 is 6.09 Å². The summed E-state index contributed by atoms with van der Waals surface area (Å²) >= 11 is 0. The molecule has 2 amide bonds. The van der Waals surface area contributed by atoms with Crippen LogP contribution in [-0.4, -0.2) is 36.0 Å². The summed E-state index contributed by atoms with van der Waals surface area (Å²) in [6, 6.07) is 4.35. The summed E-state index contributed by atoms with van der Waals surface area (Å²) < 4.78 is 5.38. The molecule has 27 heavy (non-hydrogen) atoms. The van der Waals surface area contributed by atoms with E-state index in [0.29, 0.717) is 0 Å². The third kappa shape index (κ3) is 2.93. The van der Waals surface area contributed by atoms with Crippen molar-refractivity contribution in [1.29, 1.82) is 0 Å². The first-order valence-electron chi connectivity index (χ1n) is 10.4. The van der Waals surface area contributed by atoms with Crippen LogP contribution in [0.5, 0.6) is 0 Å². The van der Waals surface area contributed by atoms with E-state index in [2.05, 4.69) is 17.0 Å². The minimum Gasteiger partial charge on any atom is -0.404 e. The van der Waals surface area contributed by atoms with Gasteiger partial charge in [0.1, 0.15) is 0 Å². The Morgan fingerprint density at radius 1 is 0.926 bits per heavy atom. The second-order valence-electron chi connectivity index (χ2n) is 8.23. The number of hydrogen-bond acceptors (Lipinski definition) is 4. The monoisotopic (exact) mass is 366 g/mol. The van der Waals surface area contributed by atoms with Gasteiger partial charge < -0.3 is 9.64 Å². The lowest BCUT2D eigenvalue weighted by atomic mass is 9.90. The number of rotatable bonds is 2. The fourth-order valence-corrected chi connectivity index (χ4v) is 5.20. The average Bonchev–Trinajstić information content (AvgIpc) is 2.96. The van der Waals surface area contributed by atoms with E-state index >= 15 is 0 Å². The molecule has 1 aromatic rings. The van der Waals surface area contributed by atoms with Crippen LogP contribution in [0.3, 0.4) is 0 Å². The second kappa shape index (κ2) is 6.70. The van der Waals surface area contributed by atoms with Crippen LogP contribution < -0.4 is 4.90 Å². The molecule has 1 aliphatic carbocycles. The van der Waals surface area contributed by atoms with E-state index in [9.17, 15) is 9.59 Å². The number of aryl methyl sites for hydroxylation is 2. The normalized spacial score (nSPS) is 24.4. The van der Waals surface area contributed by atoms with Gasteiger partial charge in [-0.05, 0) is 73.4 Å². The molecule has 5 heteroatoms. The zero-order chi connectivity index (χ0) is 18.4. The first-order chi connectivity index (χ1) is 13.2. The standard InChI is InChI=1S/C22H26N2O3/c25-21-19(27-22(26)24(21)18-8-2-1-3-9-18)14-15-12-16-6-4-10-23-11-5-7-17(13-15)20(16)23/h12-14,18H,1-11H2/b19-14+. The summed E-state index contributed by atoms with van der Waals surface area (Å²) in [5.74, 6) is -0.0823. The van der Waals surface area contributed by atoms with Crippen LogP contribution in [0.1, 0.15) is 61.6 Å². The van der Waals surface area contributed by atoms with Gasteiger partial charge in [-0.3, -0.25) is 4.79 Å². The van der Waals surface area contributed by atoms with Crippen molar-refractivity contribution in [3.63, 3.8) is 0 Å². The smallest absolute Gasteiger partial charge is 0.404 e. The van der Waals surface area contributed by atoms with Crippen LogP contribution in [0.4, 0.5) is 10.5 Å². The molecule has 3 heterocycles. The lowest BCUT2D eigenvalue weighted by molar-refractivity contribution is -0.125. The van der Waals surface area contributed by atoms with E-state index in [4.69, 9.17) is 4.74 Å². The maximum Gasteiger partial charge on any atom is 0.422 e. The fraction of sp³-hybridized carbons (Fsp3) is 0.545. The summed E-state index contributed by atoms with van der Waals surface area (Å²) in [4.78, 5) is 29.0. The molecular formula is C22H26N2O3. The van der Waals surface area contributed by atoms with Gasteiger partial charge >= 0.3 is 6.09 Å².